The minimum atomic E-state index is -0.373. The molecule has 4 aromatic rings. The monoisotopic (exact) mass is 388 g/mol. The van der Waals surface area contributed by atoms with Gasteiger partial charge >= 0.3 is 0 Å². The fourth-order valence-electron chi connectivity index (χ4n) is 3.00. The predicted molar refractivity (Wildman–Crippen MR) is 107 cm³/mol. The van der Waals surface area contributed by atoms with Gasteiger partial charge in [0.25, 0.3) is 11.8 Å². The number of nitrogens with one attached hydrogen (secondary N) is 2. The average molecular weight is 388 g/mol. The first-order valence-electron chi connectivity index (χ1n) is 9.23. The fourth-order valence-corrected chi connectivity index (χ4v) is 3.00. The van der Waals surface area contributed by atoms with Crippen LogP contribution < -0.4 is 10.6 Å². The molecular formula is C22H20N4O3. The molecule has 0 saturated carbocycles. The van der Waals surface area contributed by atoms with Gasteiger partial charge in [0, 0.05) is 12.7 Å². The molecule has 3 heterocycles. The van der Waals surface area contributed by atoms with Crippen molar-refractivity contribution >= 4 is 17.3 Å². The van der Waals surface area contributed by atoms with Crippen molar-refractivity contribution in [1.82, 2.24) is 20.0 Å². The highest BCUT2D eigenvalue weighted by Gasteiger charge is 2.21. The summed E-state index contributed by atoms with van der Waals surface area (Å²) < 4.78 is 6.84. The first kappa shape index (κ1) is 18.5. The van der Waals surface area contributed by atoms with Crippen molar-refractivity contribution in [3.05, 3.63) is 95.5 Å². The number of furan rings is 1. The number of aromatic nitrogens is 2. The number of nitrogens with zero attached hydrogens (tertiary/aromatic N) is 2. The maximum absolute atomic E-state index is 12.7. The SMILES string of the molecule is Cc1ccc(CNC(=O)c2nc(C(=O)NCc3ccco3)c3ccccn23)cc1. The van der Waals surface area contributed by atoms with Crippen LogP contribution in [0.4, 0.5) is 0 Å². The Morgan fingerprint density at radius 1 is 0.966 bits per heavy atom. The lowest BCUT2D eigenvalue weighted by Crippen LogP contribution is -2.25. The number of hydrogen-bond acceptors (Lipinski definition) is 4. The van der Waals surface area contributed by atoms with Gasteiger partial charge in [-0.2, -0.15) is 0 Å². The van der Waals surface area contributed by atoms with E-state index in [1.54, 1.807) is 47.2 Å². The highest BCUT2D eigenvalue weighted by Crippen LogP contribution is 2.14. The maximum Gasteiger partial charge on any atom is 0.287 e. The topological polar surface area (TPSA) is 88.6 Å². The minimum absolute atomic E-state index is 0.163. The Morgan fingerprint density at radius 2 is 1.76 bits per heavy atom. The Hall–Kier alpha value is -3.87. The van der Waals surface area contributed by atoms with Crippen molar-refractivity contribution in [2.24, 2.45) is 0 Å². The molecular weight excluding hydrogens is 368 g/mol. The highest BCUT2D eigenvalue weighted by molar-refractivity contribution is 6.02. The van der Waals surface area contributed by atoms with E-state index < -0.39 is 0 Å². The zero-order chi connectivity index (χ0) is 20.2. The van der Waals surface area contributed by atoms with Gasteiger partial charge in [0.05, 0.1) is 18.3 Å². The number of hydrogen-bond donors (Lipinski definition) is 2. The van der Waals surface area contributed by atoms with Crippen LogP contribution in [0.2, 0.25) is 0 Å². The van der Waals surface area contributed by atoms with Crippen LogP contribution in [0, 0.1) is 6.92 Å². The van der Waals surface area contributed by atoms with Crippen LogP contribution >= 0.6 is 0 Å². The molecule has 2 amide bonds. The molecule has 7 heteroatoms. The van der Waals surface area contributed by atoms with E-state index >= 15 is 0 Å². The second kappa shape index (κ2) is 8.02. The van der Waals surface area contributed by atoms with Crippen LogP contribution in [0.1, 0.15) is 38.0 Å². The van der Waals surface area contributed by atoms with E-state index in [2.05, 4.69) is 15.6 Å². The van der Waals surface area contributed by atoms with Gasteiger partial charge in [0.15, 0.2) is 5.69 Å². The van der Waals surface area contributed by atoms with Crippen molar-refractivity contribution < 1.29 is 14.0 Å². The van der Waals surface area contributed by atoms with E-state index in [4.69, 9.17) is 4.42 Å². The minimum Gasteiger partial charge on any atom is -0.467 e. The van der Waals surface area contributed by atoms with E-state index in [9.17, 15) is 9.59 Å². The van der Waals surface area contributed by atoms with E-state index in [0.29, 0.717) is 17.8 Å². The van der Waals surface area contributed by atoms with Gasteiger partial charge in [-0.15, -0.1) is 0 Å². The summed E-state index contributed by atoms with van der Waals surface area (Å²) in [6.07, 6.45) is 3.26. The summed E-state index contributed by atoms with van der Waals surface area (Å²) >= 11 is 0. The van der Waals surface area contributed by atoms with Crippen LogP contribution in [-0.2, 0) is 13.1 Å². The Kier molecular flexibility index (Phi) is 5.11. The predicted octanol–water partition coefficient (Wildman–Crippen LogP) is 3.10. The number of benzene rings is 1. The lowest BCUT2D eigenvalue weighted by Gasteiger charge is -2.05. The molecule has 1 aromatic carbocycles. The van der Waals surface area contributed by atoms with Crippen LogP contribution in [0.25, 0.3) is 5.52 Å². The quantitative estimate of drug-likeness (QED) is 0.531. The summed E-state index contributed by atoms with van der Waals surface area (Å²) in [6, 6.07) is 16.8. The van der Waals surface area contributed by atoms with Gasteiger partial charge < -0.3 is 15.1 Å². The van der Waals surface area contributed by atoms with Gasteiger partial charge in [0.2, 0.25) is 5.82 Å². The number of rotatable bonds is 6. The molecule has 0 saturated heterocycles. The Labute approximate surface area is 167 Å². The fraction of sp³-hybridized carbons (Fsp3) is 0.136. The molecule has 29 heavy (non-hydrogen) atoms. The molecule has 0 spiro atoms. The summed E-state index contributed by atoms with van der Waals surface area (Å²) in [4.78, 5) is 29.7. The van der Waals surface area contributed by atoms with Gasteiger partial charge in [0.1, 0.15) is 5.76 Å². The van der Waals surface area contributed by atoms with Gasteiger partial charge in [-0.05, 0) is 36.8 Å². The Morgan fingerprint density at radius 3 is 2.52 bits per heavy atom. The van der Waals surface area contributed by atoms with Gasteiger partial charge in [-0.1, -0.05) is 35.9 Å². The number of amides is 2. The van der Waals surface area contributed by atoms with Crippen molar-refractivity contribution in [3.8, 4) is 0 Å². The third-order valence-electron chi connectivity index (χ3n) is 4.54. The molecule has 2 N–H and O–H groups in total. The molecule has 7 nitrogen and oxygen atoms in total. The molecule has 0 atom stereocenters. The molecule has 3 aromatic heterocycles. The zero-order valence-electron chi connectivity index (χ0n) is 15.9. The summed E-state index contributed by atoms with van der Waals surface area (Å²) in [5, 5.41) is 5.63. The smallest absolute Gasteiger partial charge is 0.287 e. The van der Waals surface area contributed by atoms with Crippen LogP contribution in [0.5, 0.6) is 0 Å². The van der Waals surface area contributed by atoms with Crippen LogP contribution in [0.3, 0.4) is 0 Å². The summed E-state index contributed by atoms with van der Waals surface area (Å²) in [5.41, 5.74) is 2.90. The molecule has 0 radical (unpaired) electrons. The molecule has 0 bridgehead atoms. The number of aryl methyl sites for hydroxylation is 1. The summed E-state index contributed by atoms with van der Waals surface area (Å²) in [5.74, 6) is 0.0772. The molecule has 146 valence electrons. The molecule has 0 aliphatic rings. The first-order chi connectivity index (χ1) is 14.1. The summed E-state index contributed by atoms with van der Waals surface area (Å²) in [7, 11) is 0. The highest BCUT2D eigenvalue weighted by atomic mass is 16.3. The largest absolute Gasteiger partial charge is 0.467 e. The summed E-state index contributed by atoms with van der Waals surface area (Å²) in [6.45, 7) is 2.63. The number of pyridine rings is 1. The molecule has 0 aliphatic carbocycles. The first-order valence-corrected chi connectivity index (χ1v) is 9.23. The molecule has 0 unspecified atom stereocenters. The van der Waals surface area contributed by atoms with Gasteiger partial charge in [-0.3, -0.25) is 14.0 Å². The van der Waals surface area contributed by atoms with E-state index in [1.807, 2.05) is 31.2 Å². The van der Waals surface area contributed by atoms with Crippen molar-refractivity contribution in [2.45, 2.75) is 20.0 Å². The Bertz CT molecular complexity index is 1140. The van der Waals surface area contributed by atoms with E-state index in [-0.39, 0.29) is 29.9 Å². The third-order valence-corrected chi connectivity index (χ3v) is 4.54. The van der Waals surface area contributed by atoms with Crippen molar-refractivity contribution in [3.63, 3.8) is 0 Å². The van der Waals surface area contributed by atoms with Crippen molar-refractivity contribution in [2.75, 3.05) is 0 Å². The Balaban J connectivity index is 1.53. The maximum atomic E-state index is 12.7. The number of imidazole rings is 1. The van der Waals surface area contributed by atoms with Crippen LogP contribution in [-0.4, -0.2) is 21.2 Å². The van der Waals surface area contributed by atoms with Crippen molar-refractivity contribution in [1.29, 1.82) is 0 Å². The number of fused-ring (bicyclic) bond motifs is 1. The van der Waals surface area contributed by atoms with E-state index in [1.165, 1.54) is 0 Å². The second-order valence-corrected chi connectivity index (χ2v) is 6.67. The molecule has 0 aliphatic heterocycles. The number of carbonyl (C=O) groups is 2. The third kappa shape index (κ3) is 4.03. The lowest BCUT2D eigenvalue weighted by molar-refractivity contribution is 0.0939. The molecule has 4 rings (SSSR count). The van der Waals surface area contributed by atoms with Gasteiger partial charge in [-0.25, -0.2) is 4.98 Å². The van der Waals surface area contributed by atoms with E-state index in [0.717, 1.165) is 11.1 Å². The normalized spacial score (nSPS) is 10.8. The molecule has 0 fully saturated rings. The second-order valence-electron chi connectivity index (χ2n) is 6.67. The van der Waals surface area contributed by atoms with Crippen LogP contribution in [0.15, 0.2) is 71.5 Å². The average Bonchev–Trinajstić information content (AvgIpc) is 3.39. The number of carbonyl (C=O) groups excluding carboxylic acids is 2. The lowest BCUT2D eigenvalue weighted by atomic mass is 10.1. The standard InChI is InChI=1S/C22H20N4O3/c1-15-7-9-16(10-8-15)13-23-22(28)20-25-19(18-6-2-3-11-26(18)20)21(27)24-14-17-5-4-12-29-17/h2-12H,13-14H2,1H3,(H,23,28)(H,24,27). The zero-order valence-corrected chi connectivity index (χ0v) is 15.9.